The summed E-state index contributed by atoms with van der Waals surface area (Å²) in [6.45, 7) is 2.94. The van der Waals surface area contributed by atoms with E-state index in [2.05, 4.69) is 59.1 Å². The summed E-state index contributed by atoms with van der Waals surface area (Å²) in [4.78, 5) is 0. The first-order valence-electron chi connectivity index (χ1n) is 6.53. The van der Waals surface area contributed by atoms with Crippen molar-refractivity contribution in [1.29, 1.82) is 0 Å². The smallest absolute Gasteiger partial charge is 0.142 e. The van der Waals surface area contributed by atoms with Gasteiger partial charge in [-0.1, -0.05) is 36.7 Å². The van der Waals surface area contributed by atoms with Gasteiger partial charge in [0.15, 0.2) is 0 Å². The summed E-state index contributed by atoms with van der Waals surface area (Å²) < 4.78 is 14.7. The molecule has 0 aliphatic heterocycles. The molecule has 1 unspecified atom stereocenters. The molecule has 1 atom stereocenters. The fourth-order valence-corrected chi connectivity index (χ4v) is 2.63. The number of halogens is 3. The molecular formula is C16H16ClFIN. The quantitative estimate of drug-likeness (QED) is 0.695. The third kappa shape index (κ3) is 4.17. The van der Waals surface area contributed by atoms with Crippen LogP contribution in [0.5, 0.6) is 0 Å². The van der Waals surface area contributed by atoms with E-state index in [9.17, 15) is 4.39 Å². The van der Waals surface area contributed by atoms with Crippen LogP contribution in [0.2, 0.25) is 5.02 Å². The van der Waals surface area contributed by atoms with E-state index in [4.69, 9.17) is 11.6 Å². The molecule has 0 spiro atoms. The first-order chi connectivity index (χ1) is 9.60. The van der Waals surface area contributed by atoms with Crippen molar-refractivity contribution >= 4 is 34.2 Å². The van der Waals surface area contributed by atoms with Gasteiger partial charge in [0.05, 0.1) is 5.02 Å². The van der Waals surface area contributed by atoms with Gasteiger partial charge < -0.3 is 5.32 Å². The number of hydrogen-bond acceptors (Lipinski definition) is 1. The highest BCUT2D eigenvalue weighted by atomic mass is 127. The zero-order chi connectivity index (χ0) is 14.5. The maximum atomic E-state index is 13.5. The maximum Gasteiger partial charge on any atom is 0.142 e. The third-order valence-electron chi connectivity index (χ3n) is 3.15. The van der Waals surface area contributed by atoms with Crippen molar-refractivity contribution in [1.82, 2.24) is 5.32 Å². The zero-order valence-electron chi connectivity index (χ0n) is 11.2. The molecule has 2 aromatic rings. The van der Waals surface area contributed by atoms with E-state index in [1.54, 1.807) is 6.07 Å². The monoisotopic (exact) mass is 403 g/mol. The lowest BCUT2D eigenvalue weighted by Crippen LogP contribution is -2.23. The second-order valence-corrected chi connectivity index (χ2v) is 6.27. The molecule has 0 saturated carbocycles. The number of rotatable bonds is 5. The molecule has 106 valence electrons. The lowest BCUT2D eigenvalue weighted by atomic mass is 9.99. The van der Waals surface area contributed by atoms with Crippen molar-refractivity contribution in [3.05, 3.63) is 68.0 Å². The highest BCUT2D eigenvalue weighted by Gasteiger charge is 2.12. The molecule has 0 radical (unpaired) electrons. The molecule has 1 nitrogen and oxygen atoms in total. The second kappa shape index (κ2) is 7.38. The summed E-state index contributed by atoms with van der Waals surface area (Å²) in [6, 6.07) is 13.6. The molecule has 0 aliphatic carbocycles. The number of nitrogens with one attached hydrogen (secondary N) is 1. The van der Waals surface area contributed by atoms with E-state index < -0.39 is 0 Å². The van der Waals surface area contributed by atoms with Gasteiger partial charge in [0.1, 0.15) is 5.82 Å². The van der Waals surface area contributed by atoms with Gasteiger partial charge in [-0.25, -0.2) is 4.39 Å². The van der Waals surface area contributed by atoms with Crippen molar-refractivity contribution in [2.75, 3.05) is 6.54 Å². The van der Waals surface area contributed by atoms with Crippen LogP contribution in [-0.2, 0) is 6.42 Å². The van der Waals surface area contributed by atoms with Gasteiger partial charge in [0.25, 0.3) is 0 Å². The first kappa shape index (κ1) is 15.7. The lowest BCUT2D eigenvalue weighted by molar-refractivity contribution is 0.546. The Morgan fingerprint density at radius 3 is 2.50 bits per heavy atom. The molecule has 2 rings (SSSR count). The molecular weight excluding hydrogens is 388 g/mol. The molecule has 0 aliphatic rings. The Hall–Kier alpha value is -0.650. The fourth-order valence-electron chi connectivity index (χ4n) is 2.15. The summed E-state index contributed by atoms with van der Waals surface area (Å²) in [5.41, 5.74) is 2.15. The van der Waals surface area contributed by atoms with E-state index in [0.717, 1.165) is 18.5 Å². The van der Waals surface area contributed by atoms with Gasteiger partial charge in [0, 0.05) is 9.61 Å². The SMILES string of the molecule is CCNC(Cc1ccc(Cl)c(F)c1)c1ccc(I)cc1. The number of hydrogen-bond donors (Lipinski definition) is 1. The van der Waals surface area contributed by atoms with Crippen LogP contribution in [-0.4, -0.2) is 6.54 Å². The number of benzene rings is 2. The minimum Gasteiger partial charge on any atom is -0.310 e. The molecule has 4 heteroatoms. The van der Waals surface area contributed by atoms with Crippen LogP contribution in [0.4, 0.5) is 4.39 Å². The zero-order valence-corrected chi connectivity index (χ0v) is 14.1. The van der Waals surface area contributed by atoms with Crippen LogP contribution < -0.4 is 5.32 Å². The van der Waals surface area contributed by atoms with Gasteiger partial charge in [-0.15, -0.1) is 0 Å². The molecule has 2 aromatic carbocycles. The van der Waals surface area contributed by atoms with Crippen LogP contribution in [0, 0.1) is 9.39 Å². The van der Waals surface area contributed by atoms with Crippen LogP contribution in [0.3, 0.4) is 0 Å². The van der Waals surface area contributed by atoms with Crippen LogP contribution >= 0.6 is 34.2 Å². The van der Waals surface area contributed by atoms with Crippen molar-refractivity contribution in [3.63, 3.8) is 0 Å². The molecule has 0 fully saturated rings. The highest BCUT2D eigenvalue weighted by molar-refractivity contribution is 14.1. The van der Waals surface area contributed by atoms with Crippen molar-refractivity contribution < 1.29 is 4.39 Å². The van der Waals surface area contributed by atoms with Gasteiger partial charge in [-0.3, -0.25) is 0 Å². The van der Waals surface area contributed by atoms with Gasteiger partial charge >= 0.3 is 0 Å². The Kier molecular flexibility index (Phi) is 5.81. The molecule has 0 amide bonds. The number of likely N-dealkylation sites (N-methyl/N-ethyl adjacent to an activating group) is 1. The second-order valence-electron chi connectivity index (χ2n) is 4.61. The van der Waals surface area contributed by atoms with Crippen LogP contribution in [0.15, 0.2) is 42.5 Å². The van der Waals surface area contributed by atoms with Crippen LogP contribution in [0.1, 0.15) is 24.1 Å². The Bertz CT molecular complexity index is 571. The Morgan fingerprint density at radius 2 is 1.90 bits per heavy atom. The Morgan fingerprint density at radius 1 is 1.20 bits per heavy atom. The molecule has 0 saturated heterocycles. The molecule has 0 aromatic heterocycles. The Balaban J connectivity index is 2.20. The van der Waals surface area contributed by atoms with E-state index in [1.807, 2.05) is 6.07 Å². The Labute approximate surface area is 137 Å². The standard InChI is InChI=1S/C16H16ClFIN/c1-2-20-16(12-4-6-13(19)7-5-12)10-11-3-8-14(17)15(18)9-11/h3-9,16,20H,2,10H2,1H3. The fraction of sp³-hybridized carbons (Fsp3) is 0.250. The average molecular weight is 404 g/mol. The van der Waals surface area contributed by atoms with E-state index >= 15 is 0 Å². The minimum absolute atomic E-state index is 0.169. The lowest BCUT2D eigenvalue weighted by Gasteiger charge is -2.19. The molecule has 0 bridgehead atoms. The van der Waals surface area contributed by atoms with E-state index in [1.165, 1.54) is 15.2 Å². The van der Waals surface area contributed by atoms with Gasteiger partial charge in [-0.2, -0.15) is 0 Å². The van der Waals surface area contributed by atoms with Crippen molar-refractivity contribution in [2.45, 2.75) is 19.4 Å². The summed E-state index contributed by atoms with van der Waals surface area (Å²) in [6.07, 6.45) is 0.739. The average Bonchev–Trinajstić information content (AvgIpc) is 2.43. The predicted molar refractivity (Wildman–Crippen MR) is 90.7 cm³/mol. The summed E-state index contributed by atoms with van der Waals surface area (Å²) in [5, 5.41) is 3.61. The minimum atomic E-state index is -0.359. The van der Waals surface area contributed by atoms with Crippen molar-refractivity contribution in [3.8, 4) is 0 Å². The normalized spacial score (nSPS) is 12.4. The topological polar surface area (TPSA) is 12.0 Å². The summed E-state index contributed by atoms with van der Waals surface area (Å²) in [7, 11) is 0. The highest BCUT2D eigenvalue weighted by Crippen LogP contribution is 2.22. The predicted octanol–water partition coefficient (Wildman–Crippen LogP) is 4.98. The van der Waals surface area contributed by atoms with E-state index in [0.29, 0.717) is 0 Å². The van der Waals surface area contributed by atoms with Crippen molar-refractivity contribution in [2.24, 2.45) is 0 Å². The van der Waals surface area contributed by atoms with E-state index in [-0.39, 0.29) is 16.9 Å². The maximum absolute atomic E-state index is 13.5. The third-order valence-corrected chi connectivity index (χ3v) is 4.17. The molecule has 1 N–H and O–H groups in total. The first-order valence-corrected chi connectivity index (χ1v) is 7.98. The summed E-state index contributed by atoms with van der Waals surface area (Å²) >= 11 is 8.01. The largest absolute Gasteiger partial charge is 0.310 e. The van der Waals surface area contributed by atoms with Crippen LogP contribution in [0.25, 0.3) is 0 Å². The molecule has 20 heavy (non-hydrogen) atoms. The summed E-state index contributed by atoms with van der Waals surface area (Å²) in [5.74, 6) is -0.359. The molecule has 0 heterocycles. The van der Waals surface area contributed by atoms with Gasteiger partial charge in [0.2, 0.25) is 0 Å². The van der Waals surface area contributed by atoms with Gasteiger partial charge in [-0.05, 0) is 70.9 Å².